The summed E-state index contributed by atoms with van der Waals surface area (Å²) < 4.78 is 31.2. The number of nitrogens with one attached hydrogen (secondary N) is 1. The van der Waals surface area contributed by atoms with Crippen LogP contribution in [0.3, 0.4) is 0 Å². The van der Waals surface area contributed by atoms with E-state index >= 15 is 0 Å². The van der Waals surface area contributed by atoms with E-state index in [1.807, 2.05) is 48.5 Å². The van der Waals surface area contributed by atoms with E-state index < -0.39 is 21.2 Å². The van der Waals surface area contributed by atoms with Crippen LogP contribution in [0.1, 0.15) is 22.0 Å². The normalized spacial score (nSPS) is 12.7. The van der Waals surface area contributed by atoms with Gasteiger partial charge in [0.1, 0.15) is 5.01 Å². The molecule has 0 aliphatic rings. The third kappa shape index (κ3) is 4.16. The number of sulfone groups is 1. The summed E-state index contributed by atoms with van der Waals surface area (Å²) in [5.41, 5.74) is 2.70. The predicted molar refractivity (Wildman–Crippen MR) is 111 cm³/mol. The van der Waals surface area contributed by atoms with Gasteiger partial charge in [0.25, 0.3) is 0 Å². The number of fused-ring (bicyclic) bond motifs is 1. The number of thiazole rings is 1. The summed E-state index contributed by atoms with van der Waals surface area (Å²) in [6.07, 6.45) is -0.187. The van der Waals surface area contributed by atoms with E-state index in [0.29, 0.717) is 10.5 Å². The molecule has 11 heteroatoms. The lowest BCUT2D eigenvalue weighted by Gasteiger charge is -2.07. The van der Waals surface area contributed by atoms with E-state index in [9.17, 15) is 13.2 Å². The second kappa shape index (κ2) is 7.84. The van der Waals surface area contributed by atoms with Crippen molar-refractivity contribution >= 4 is 37.5 Å². The highest BCUT2D eigenvalue weighted by molar-refractivity contribution is 7.91. The average molecular weight is 444 g/mol. The standard InChI is InChI=1S/C19H16N4O5S2/c1-30(26,27)16(17-23-22-15(28-17)10-20-19(24)25)18-21-13-8-7-12(9-14(13)29-18)11-5-3-2-4-6-11/h2-9,16,20H,10H2,1H3,(H,24,25). The van der Waals surface area contributed by atoms with Crippen molar-refractivity contribution < 1.29 is 22.7 Å². The highest BCUT2D eigenvalue weighted by Gasteiger charge is 2.33. The second-order valence-corrected chi connectivity index (χ2v) is 9.70. The largest absolute Gasteiger partial charge is 0.465 e. The molecule has 2 N–H and O–H groups in total. The summed E-state index contributed by atoms with van der Waals surface area (Å²) >= 11 is 1.24. The van der Waals surface area contributed by atoms with Crippen LogP contribution in [0.15, 0.2) is 52.9 Å². The zero-order valence-corrected chi connectivity index (χ0v) is 17.3. The van der Waals surface area contributed by atoms with Gasteiger partial charge in [-0.15, -0.1) is 21.5 Å². The summed E-state index contributed by atoms with van der Waals surface area (Å²) in [5.74, 6) is -0.185. The number of rotatable bonds is 6. The Bertz CT molecular complexity index is 1320. The number of amides is 1. The smallest absolute Gasteiger partial charge is 0.405 e. The van der Waals surface area contributed by atoms with Crippen LogP contribution < -0.4 is 5.32 Å². The molecule has 2 aromatic carbocycles. The number of benzene rings is 2. The molecule has 0 saturated heterocycles. The maximum Gasteiger partial charge on any atom is 0.405 e. The summed E-state index contributed by atoms with van der Waals surface area (Å²) in [4.78, 5) is 15.1. The van der Waals surface area contributed by atoms with Crippen LogP contribution in [-0.4, -0.2) is 41.1 Å². The van der Waals surface area contributed by atoms with E-state index in [2.05, 4.69) is 20.5 Å². The van der Waals surface area contributed by atoms with E-state index in [1.165, 1.54) is 11.3 Å². The Morgan fingerprint density at radius 2 is 1.93 bits per heavy atom. The summed E-state index contributed by atoms with van der Waals surface area (Å²) in [7, 11) is -3.68. The topological polar surface area (TPSA) is 135 Å². The first-order valence-electron chi connectivity index (χ1n) is 8.75. The van der Waals surface area contributed by atoms with Crippen molar-refractivity contribution in [1.29, 1.82) is 0 Å². The minimum absolute atomic E-state index is 0.0338. The minimum Gasteiger partial charge on any atom is -0.465 e. The van der Waals surface area contributed by atoms with Gasteiger partial charge in [-0.2, -0.15) is 0 Å². The van der Waals surface area contributed by atoms with E-state index in [1.54, 1.807) is 0 Å². The van der Waals surface area contributed by atoms with Crippen LogP contribution in [0.5, 0.6) is 0 Å². The van der Waals surface area contributed by atoms with Crippen LogP contribution in [0.25, 0.3) is 21.3 Å². The van der Waals surface area contributed by atoms with Gasteiger partial charge in [0.2, 0.25) is 11.8 Å². The summed E-state index contributed by atoms with van der Waals surface area (Å²) in [5, 5.41) is 17.4. The van der Waals surface area contributed by atoms with Crippen molar-refractivity contribution in [2.75, 3.05) is 6.26 Å². The SMILES string of the molecule is CS(=O)(=O)C(c1nnc(CNC(=O)O)o1)c1nc2ccc(-c3ccccc3)cc2s1. The van der Waals surface area contributed by atoms with Gasteiger partial charge in [0.15, 0.2) is 15.1 Å². The Kier molecular flexibility index (Phi) is 5.22. The van der Waals surface area contributed by atoms with Crippen LogP contribution in [0.2, 0.25) is 0 Å². The molecule has 0 saturated carbocycles. The molecule has 30 heavy (non-hydrogen) atoms. The Morgan fingerprint density at radius 3 is 2.63 bits per heavy atom. The van der Waals surface area contributed by atoms with Gasteiger partial charge in [-0.1, -0.05) is 36.4 Å². The molecule has 0 aliphatic heterocycles. The molecule has 154 valence electrons. The maximum absolute atomic E-state index is 12.5. The van der Waals surface area contributed by atoms with E-state index in [-0.39, 0.29) is 18.3 Å². The molecule has 1 unspecified atom stereocenters. The first-order chi connectivity index (χ1) is 14.3. The van der Waals surface area contributed by atoms with Gasteiger partial charge in [0, 0.05) is 6.26 Å². The molecule has 4 aromatic rings. The highest BCUT2D eigenvalue weighted by atomic mass is 32.2. The second-order valence-electron chi connectivity index (χ2n) is 6.50. The van der Waals surface area contributed by atoms with Crippen LogP contribution in [0.4, 0.5) is 4.79 Å². The highest BCUT2D eigenvalue weighted by Crippen LogP contribution is 2.36. The van der Waals surface area contributed by atoms with Crippen molar-refractivity contribution in [3.05, 3.63) is 65.3 Å². The number of aromatic nitrogens is 3. The van der Waals surface area contributed by atoms with Crippen molar-refractivity contribution in [3.63, 3.8) is 0 Å². The number of hydrogen-bond donors (Lipinski definition) is 2. The lowest BCUT2D eigenvalue weighted by molar-refractivity contribution is 0.192. The molecular weight excluding hydrogens is 428 g/mol. The van der Waals surface area contributed by atoms with Crippen molar-refractivity contribution in [3.8, 4) is 11.1 Å². The Hall–Kier alpha value is -3.31. The Balaban J connectivity index is 1.72. The van der Waals surface area contributed by atoms with Gasteiger partial charge >= 0.3 is 6.09 Å². The van der Waals surface area contributed by atoms with Gasteiger partial charge < -0.3 is 14.8 Å². The third-order valence-electron chi connectivity index (χ3n) is 4.26. The van der Waals surface area contributed by atoms with Crippen LogP contribution in [-0.2, 0) is 16.4 Å². The molecule has 0 fully saturated rings. The first-order valence-corrected chi connectivity index (χ1v) is 11.5. The molecule has 1 amide bonds. The van der Waals surface area contributed by atoms with E-state index in [0.717, 1.165) is 22.1 Å². The fraction of sp³-hybridized carbons (Fsp3) is 0.158. The fourth-order valence-electron chi connectivity index (χ4n) is 2.93. The molecule has 0 spiro atoms. The van der Waals surface area contributed by atoms with Crippen molar-refractivity contribution in [1.82, 2.24) is 20.5 Å². The molecule has 0 bridgehead atoms. The summed E-state index contributed by atoms with van der Waals surface area (Å²) in [6, 6.07) is 15.6. The maximum atomic E-state index is 12.5. The molecule has 2 heterocycles. The quantitative estimate of drug-likeness (QED) is 0.463. The molecule has 1 atom stereocenters. The lowest BCUT2D eigenvalue weighted by Crippen LogP contribution is -2.20. The molecule has 4 rings (SSSR count). The first kappa shape index (κ1) is 20.0. The number of carboxylic acid groups (broad SMARTS) is 1. The Labute approximate surface area is 175 Å². The lowest BCUT2D eigenvalue weighted by atomic mass is 10.1. The predicted octanol–water partition coefficient (Wildman–Crippen LogP) is 3.25. The minimum atomic E-state index is -3.68. The number of nitrogens with zero attached hydrogens (tertiary/aromatic N) is 3. The third-order valence-corrected chi connectivity index (χ3v) is 6.78. The van der Waals surface area contributed by atoms with Crippen LogP contribution in [0, 0.1) is 0 Å². The monoisotopic (exact) mass is 444 g/mol. The van der Waals surface area contributed by atoms with Crippen molar-refractivity contribution in [2.45, 2.75) is 11.8 Å². The molecule has 9 nitrogen and oxygen atoms in total. The molecule has 0 aliphatic carbocycles. The average Bonchev–Trinajstić information content (AvgIpc) is 3.32. The van der Waals surface area contributed by atoms with Gasteiger partial charge in [-0.3, -0.25) is 0 Å². The fourth-order valence-corrected chi connectivity index (χ4v) is 5.46. The zero-order valence-electron chi connectivity index (χ0n) is 15.6. The molecule has 0 radical (unpaired) electrons. The molecule has 2 aromatic heterocycles. The van der Waals surface area contributed by atoms with Gasteiger partial charge in [-0.25, -0.2) is 18.2 Å². The van der Waals surface area contributed by atoms with Crippen molar-refractivity contribution in [2.24, 2.45) is 0 Å². The van der Waals surface area contributed by atoms with Gasteiger partial charge in [-0.05, 0) is 23.3 Å². The Morgan fingerprint density at radius 1 is 1.17 bits per heavy atom. The zero-order chi connectivity index (χ0) is 21.3. The van der Waals surface area contributed by atoms with Crippen LogP contribution >= 0.6 is 11.3 Å². The summed E-state index contributed by atoms with van der Waals surface area (Å²) in [6.45, 7) is -0.223. The number of hydrogen-bond acceptors (Lipinski definition) is 8. The number of carbonyl (C=O) groups is 1. The van der Waals surface area contributed by atoms with Gasteiger partial charge in [0.05, 0.1) is 16.8 Å². The van der Waals surface area contributed by atoms with E-state index in [4.69, 9.17) is 9.52 Å². The molecular formula is C19H16N4O5S2.